The molecule has 2 aliphatic carbocycles. The van der Waals surface area contributed by atoms with Crippen molar-refractivity contribution < 1.29 is 43.2 Å². The second kappa shape index (κ2) is 24.2. The average molecular weight is 1100 g/mol. The summed E-state index contributed by atoms with van der Waals surface area (Å²) in [6.45, 7) is 32.9. The molecule has 408 valence electrons. The van der Waals surface area contributed by atoms with Crippen LogP contribution < -0.4 is 9.47 Å². The molecule has 78 heavy (non-hydrogen) atoms. The summed E-state index contributed by atoms with van der Waals surface area (Å²) in [6.07, 6.45) is 1.40. The highest BCUT2D eigenvalue weighted by Crippen LogP contribution is 2.45. The van der Waals surface area contributed by atoms with Crippen molar-refractivity contribution in [2.45, 2.75) is 130 Å². The highest BCUT2D eigenvalue weighted by molar-refractivity contribution is 7.18. The van der Waals surface area contributed by atoms with Gasteiger partial charge in [-0.15, -0.1) is 20.4 Å². The van der Waals surface area contributed by atoms with Gasteiger partial charge in [-0.05, 0) is 141 Å². The zero-order chi connectivity index (χ0) is 56.8. The van der Waals surface area contributed by atoms with Gasteiger partial charge in [0.2, 0.25) is 17.3 Å². The molecule has 20 heteroatoms. The van der Waals surface area contributed by atoms with Crippen LogP contribution >= 0.6 is 22.7 Å². The monoisotopic (exact) mass is 1100 g/mol. The number of aromatic nitrogens is 4. The van der Waals surface area contributed by atoms with Gasteiger partial charge in [-0.3, -0.25) is 19.4 Å². The second-order valence-electron chi connectivity index (χ2n) is 21.5. The zero-order valence-electron chi connectivity index (χ0n) is 46.0. The molecule has 0 radical (unpaired) electrons. The van der Waals surface area contributed by atoms with Crippen molar-refractivity contribution in [1.82, 2.24) is 35.1 Å². The van der Waals surface area contributed by atoms with Gasteiger partial charge in [-0.1, -0.05) is 71.2 Å². The molecule has 8 rings (SSSR count). The topological polar surface area (TPSA) is 195 Å². The Morgan fingerprint density at radius 1 is 0.628 bits per heavy atom. The number of hydrogen-bond donors (Lipinski definition) is 1. The highest BCUT2D eigenvalue weighted by atomic mass is 32.1. The number of amides is 3. The smallest absolute Gasteiger partial charge is 0.411 e. The quantitative estimate of drug-likeness (QED) is 0.101. The number of likely N-dealkylation sites (N-methyl/N-ethyl adjacent to an activating group) is 1. The lowest BCUT2D eigenvalue weighted by molar-refractivity contribution is -0.139. The fraction of sp³-hybridized carbons (Fsp3) is 0.414. The molecule has 0 bridgehead atoms. The van der Waals surface area contributed by atoms with Crippen LogP contribution in [0.4, 0.5) is 21.0 Å². The average Bonchev–Trinajstić information content (AvgIpc) is 4.39. The van der Waals surface area contributed by atoms with E-state index in [1.165, 1.54) is 32.5 Å². The first-order valence-corrected chi connectivity index (χ1v) is 27.2. The third-order valence-electron chi connectivity index (χ3n) is 12.3. The molecule has 1 N–H and O–H groups in total. The summed E-state index contributed by atoms with van der Waals surface area (Å²) in [7, 11) is 3.35. The molecule has 2 atom stereocenters. The fourth-order valence-corrected chi connectivity index (χ4v) is 10.9. The number of ether oxygens (including phenoxy) is 4. The largest absolute Gasteiger partial charge is 0.502 e. The number of fused-ring (bicyclic) bond motifs is 2. The standard InChI is InChI=1S/C30H35N5O4S.C28H30N4O5S/c1-18(2)38-25-15-12-19(16-23(25)31-6)27-32-33-28(40-27)22-11-9-10-21-20(22)13-14-24(21)35(17-26(36)34(7)8)29(37)39-30(3,4)5;1-16(2)36-23-13-10-17(14-21(23)29-6)25-30-31-26(38-25)20-9-7-8-19-18(20)11-12-22(19)32(15-24(33)34)27(35)37-28(3,4)5/h9-12,15-16,18,24H,13-14,17H2,1-5,7-8H3;7-10,13-14,16,22H,11-12,15H2,1-5H3,(H,33,34)/t24-;22-/m00/s1. The molecule has 0 aliphatic heterocycles. The molecule has 0 unspecified atom stereocenters. The predicted octanol–water partition coefficient (Wildman–Crippen LogP) is 13.0. The number of carbonyl (C=O) groups excluding carboxylic acids is 3. The van der Waals surface area contributed by atoms with Crippen molar-refractivity contribution in [3.63, 3.8) is 0 Å². The van der Waals surface area contributed by atoms with Crippen molar-refractivity contribution in [2.75, 3.05) is 27.2 Å². The Labute approximate surface area is 463 Å². The Kier molecular flexibility index (Phi) is 17.9. The molecule has 18 nitrogen and oxygen atoms in total. The number of nitrogens with zero attached hydrogens (tertiary/aromatic N) is 9. The number of hydrogen-bond acceptors (Lipinski definition) is 14. The van der Waals surface area contributed by atoms with Gasteiger partial charge in [-0.25, -0.2) is 19.3 Å². The molecule has 4 aromatic carbocycles. The summed E-state index contributed by atoms with van der Waals surface area (Å²) in [5.74, 6) is -0.190. The van der Waals surface area contributed by atoms with E-state index < -0.39 is 41.9 Å². The summed E-state index contributed by atoms with van der Waals surface area (Å²) in [5, 5.41) is 30.1. The van der Waals surface area contributed by atoms with Crippen molar-refractivity contribution in [2.24, 2.45) is 0 Å². The van der Waals surface area contributed by atoms with E-state index in [0.717, 1.165) is 55.9 Å². The van der Waals surface area contributed by atoms with Crippen LogP contribution in [0.1, 0.15) is 116 Å². The molecule has 0 saturated carbocycles. The molecular formula is C58H65N9O9S2. The van der Waals surface area contributed by atoms with Crippen LogP contribution in [0.3, 0.4) is 0 Å². The lowest BCUT2D eigenvalue weighted by Crippen LogP contribution is -2.44. The zero-order valence-corrected chi connectivity index (χ0v) is 47.7. The van der Waals surface area contributed by atoms with Crippen LogP contribution in [0, 0.1) is 13.1 Å². The van der Waals surface area contributed by atoms with Gasteiger partial charge in [0.25, 0.3) is 0 Å². The first kappa shape index (κ1) is 57.8. The molecule has 2 aromatic heterocycles. The molecule has 3 amide bonds. The summed E-state index contributed by atoms with van der Waals surface area (Å²) >= 11 is 2.86. The van der Waals surface area contributed by atoms with E-state index in [1.54, 1.807) is 64.0 Å². The normalized spacial score (nSPS) is 14.5. The van der Waals surface area contributed by atoms with Crippen molar-refractivity contribution in [1.29, 1.82) is 0 Å². The van der Waals surface area contributed by atoms with Crippen LogP contribution in [0.2, 0.25) is 0 Å². The van der Waals surface area contributed by atoms with Gasteiger partial charge >= 0.3 is 18.2 Å². The van der Waals surface area contributed by atoms with E-state index in [4.69, 9.17) is 32.1 Å². The minimum absolute atomic E-state index is 0.0317. The first-order valence-electron chi connectivity index (χ1n) is 25.5. The van der Waals surface area contributed by atoms with Gasteiger partial charge < -0.3 is 29.0 Å². The van der Waals surface area contributed by atoms with E-state index in [9.17, 15) is 24.3 Å². The third kappa shape index (κ3) is 14.0. The van der Waals surface area contributed by atoms with Crippen molar-refractivity contribution in [3.8, 4) is 53.8 Å². The van der Waals surface area contributed by atoms with Crippen molar-refractivity contribution >= 4 is 58.1 Å². The number of rotatable bonds is 14. The molecule has 2 heterocycles. The number of benzene rings is 4. The van der Waals surface area contributed by atoms with Crippen LogP contribution in [0.15, 0.2) is 72.8 Å². The summed E-state index contributed by atoms with van der Waals surface area (Å²) in [5.41, 5.74) is 6.82. The highest BCUT2D eigenvalue weighted by Gasteiger charge is 2.38. The van der Waals surface area contributed by atoms with Gasteiger partial charge in [0.15, 0.2) is 0 Å². The lowest BCUT2D eigenvalue weighted by Gasteiger charge is -2.32. The minimum Gasteiger partial charge on any atom is -0.502 e. The number of carbonyl (C=O) groups is 4. The predicted molar refractivity (Wildman–Crippen MR) is 300 cm³/mol. The molecule has 0 fully saturated rings. The summed E-state index contributed by atoms with van der Waals surface area (Å²) in [6, 6.07) is 21.9. The van der Waals surface area contributed by atoms with Crippen LogP contribution in [0.5, 0.6) is 11.5 Å². The number of carboxylic acid groups (broad SMARTS) is 1. The Morgan fingerprint density at radius 2 is 1.03 bits per heavy atom. The maximum absolute atomic E-state index is 13.2. The Morgan fingerprint density at radius 3 is 1.38 bits per heavy atom. The van der Waals surface area contributed by atoms with E-state index in [-0.39, 0.29) is 30.7 Å². The Hall–Kier alpha value is -7.94. The van der Waals surface area contributed by atoms with Gasteiger partial charge in [0.05, 0.1) is 37.4 Å². The number of carboxylic acids is 1. The van der Waals surface area contributed by atoms with Crippen LogP contribution in [-0.4, -0.2) is 115 Å². The minimum atomic E-state index is -1.10. The molecule has 0 spiro atoms. The fourth-order valence-electron chi connectivity index (χ4n) is 9.07. The Bertz CT molecular complexity index is 3290. The van der Waals surface area contributed by atoms with Gasteiger partial charge in [-0.2, -0.15) is 0 Å². The van der Waals surface area contributed by atoms with E-state index >= 15 is 0 Å². The summed E-state index contributed by atoms with van der Waals surface area (Å²) in [4.78, 5) is 62.0. The molecule has 2 aliphatic rings. The molecular weight excluding hydrogens is 1030 g/mol. The summed E-state index contributed by atoms with van der Waals surface area (Å²) < 4.78 is 22.7. The Balaban J connectivity index is 0.000000226. The van der Waals surface area contributed by atoms with E-state index in [0.29, 0.717) is 57.2 Å². The maximum atomic E-state index is 13.2. The van der Waals surface area contributed by atoms with E-state index in [1.807, 2.05) is 97.0 Å². The van der Waals surface area contributed by atoms with Crippen LogP contribution in [-0.2, 0) is 31.9 Å². The lowest BCUT2D eigenvalue weighted by atomic mass is 10.0. The van der Waals surface area contributed by atoms with Gasteiger partial charge in [0, 0.05) is 36.3 Å². The van der Waals surface area contributed by atoms with Crippen molar-refractivity contribution in [3.05, 3.63) is 118 Å². The second-order valence-corrected chi connectivity index (χ2v) is 23.5. The third-order valence-corrected chi connectivity index (χ3v) is 14.3. The van der Waals surface area contributed by atoms with E-state index in [2.05, 4.69) is 30.1 Å². The number of aliphatic carboxylic acids is 1. The molecule has 0 saturated heterocycles. The van der Waals surface area contributed by atoms with Crippen LogP contribution in [0.25, 0.3) is 52.0 Å². The SMILES string of the molecule is [C-]#[N+]c1cc(-c2nnc(-c3cccc4c3CC[C@@H]4N(CC(=O)N(C)C)C(=O)OC(C)(C)C)s2)ccc1OC(C)C.[C-]#[N+]c1cc(-c2nnc(-c3cccc4c3CC[C@@H]4N(CC(=O)O)C(=O)OC(C)(C)C)s2)ccc1OC(C)C. The van der Waals surface area contributed by atoms with Gasteiger partial charge in [0.1, 0.15) is 55.8 Å². The molecule has 6 aromatic rings. The first-order chi connectivity index (χ1) is 36.8. The maximum Gasteiger partial charge on any atom is 0.411 e.